The molecule has 0 aromatic heterocycles. The monoisotopic (exact) mass is 297 g/mol. The predicted molar refractivity (Wildman–Crippen MR) is 76.3 cm³/mol. The Morgan fingerprint density at radius 3 is 2.55 bits per heavy atom. The number of aliphatic hydroxyl groups is 1. The molecule has 1 saturated heterocycles. The highest BCUT2D eigenvalue weighted by Crippen LogP contribution is 2.32. The lowest BCUT2D eigenvalue weighted by Crippen LogP contribution is -2.27. The molecule has 110 valence electrons. The summed E-state index contributed by atoms with van der Waals surface area (Å²) in [7, 11) is -3.45. The van der Waals surface area contributed by atoms with Crippen LogP contribution in [0.4, 0.5) is 5.69 Å². The van der Waals surface area contributed by atoms with Crippen molar-refractivity contribution in [2.75, 3.05) is 18.1 Å². The summed E-state index contributed by atoms with van der Waals surface area (Å²) in [6.07, 6.45) is 0.257. The van der Waals surface area contributed by atoms with Gasteiger partial charge in [-0.15, -0.1) is 0 Å². The molecule has 1 aromatic rings. The number of rotatable bonds is 4. The minimum atomic E-state index is -3.45. The van der Waals surface area contributed by atoms with Crippen molar-refractivity contribution in [3.63, 3.8) is 0 Å². The summed E-state index contributed by atoms with van der Waals surface area (Å²) in [5.74, 6) is -0.271. The molecular formula is C14H19NO4S. The maximum atomic E-state index is 12.4. The van der Waals surface area contributed by atoms with Gasteiger partial charge in [0.1, 0.15) is 0 Å². The van der Waals surface area contributed by atoms with E-state index in [1.54, 1.807) is 32.0 Å². The second kappa shape index (κ2) is 5.54. The number of nitrogens with zero attached hydrogens (tertiary/aromatic N) is 1. The van der Waals surface area contributed by atoms with Gasteiger partial charge in [-0.05, 0) is 26.0 Å². The van der Waals surface area contributed by atoms with Crippen LogP contribution in [0.1, 0.15) is 20.3 Å². The first-order valence-corrected chi connectivity index (χ1v) is 8.16. The second-order valence-corrected chi connectivity index (χ2v) is 7.79. The summed E-state index contributed by atoms with van der Waals surface area (Å²) in [6.45, 7) is 3.53. The molecule has 1 amide bonds. The molecule has 0 saturated carbocycles. The molecule has 0 radical (unpaired) electrons. The van der Waals surface area contributed by atoms with E-state index >= 15 is 0 Å². The van der Waals surface area contributed by atoms with Crippen LogP contribution in [0.2, 0.25) is 0 Å². The third kappa shape index (κ3) is 2.58. The number of carbonyl (C=O) groups excluding carboxylic acids is 1. The van der Waals surface area contributed by atoms with Crippen molar-refractivity contribution in [3.8, 4) is 0 Å². The van der Waals surface area contributed by atoms with E-state index in [1.165, 1.54) is 11.0 Å². The SMILES string of the molecule is CC(C)S(=O)(=O)c1ccccc1N1CC(CO)CC1=O. The first-order chi connectivity index (χ1) is 9.37. The van der Waals surface area contributed by atoms with Crippen LogP contribution in [-0.4, -0.2) is 37.8 Å². The molecule has 1 unspecified atom stereocenters. The summed E-state index contributed by atoms with van der Waals surface area (Å²) >= 11 is 0. The third-order valence-corrected chi connectivity index (χ3v) is 5.75. The van der Waals surface area contributed by atoms with Crippen LogP contribution in [0.3, 0.4) is 0 Å². The summed E-state index contributed by atoms with van der Waals surface area (Å²) in [4.78, 5) is 13.7. The van der Waals surface area contributed by atoms with Gasteiger partial charge in [0.25, 0.3) is 0 Å². The zero-order valence-electron chi connectivity index (χ0n) is 11.6. The number of hydrogen-bond acceptors (Lipinski definition) is 4. The fraction of sp³-hybridized carbons (Fsp3) is 0.500. The van der Waals surface area contributed by atoms with Crippen molar-refractivity contribution in [2.24, 2.45) is 5.92 Å². The maximum absolute atomic E-state index is 12.4. The van der Waals surface area contributed by atoms with Gasteiger partial charge in [0, 0.05) is 25.5 Å². The molecule has 1 fully saturated rings. The summed E-state index contributed by atoms with van der Waals surface area (Å²) in [5, 5.41) is 8.62. The van der Waals surface area contributed by atoms with Crippen LogP contribution in [0, 0.1) is 5.92 Å². The largest absolute Gasteiger partial charge is 0.396 e. The number of anilines is 1. The molecule has 1 aliphatic heterocycles. The van der Waals surface area contributed by atoms with E-state index in [-0.39, 0.29) is 29.7 Å². The first kappa shape index (κ1) is 15.0. The standard InChI is InChI=1S/C14H19NO4S/c1-10(2)20(18,19)13-6-4-3-5-12(13)15-8-11(9-16)7-14(15)17/h3-6,10-11,16H,7-9H2,1-2H3. The van der Waals surface area contributed by atoms with Gasteiger partial charge < -0.3 is 10.0 Å². The maximum Gasteiger partial charge on any atom is 0.227 e. The fourth-order valence-corrected chi connectivity index (χ4v) is 3.56. The van der Waals surface area contributed by atoms with E-state index in [9.17, 15) is 13.2 Å². The Morgan fingerprint density at radius 2 is 2.00 bits per heavy atom. The van der Waals surface area contributed by atoms with Crippen LogP contribution in [0.15, 0.2) is 29.2 Å². The van der Waals surface area contributed by atoms with E-state index in [4.69, 9.17) is 5.11 Å². The highest BCUT2D eigenvalue weighted by Gasteiger charge is 2.33. The Kier molecular flexibility index (Phi) is 4.15. The van der Waals surface area contributed by atoms with Crippen LogP contribution in [0.5, 0.6) is 0 Å². The Hall–Kier alpha value is -1.40. The Morgan fingerprint density at radius 1 is 1.35 bits per heavy atom. The van der Waals surface area contributed by atoms with Gasteiger partial charge in [-0.1, -0.05) is 12.1 Å². The number of aliphatic hydroxyl groups excluding tert-OH is 1. The molecule has 1 heterocycles. The van der Waals surface area contributed by atoms with Crippen molar-refractivity contribution in [1.82, 2.24) is 0 Å². The second-order valence-electron chi connectivity index (χ2n) is 5.32. The number of amides is 1. The van der Waals surface area contributed by atoms with Gasteiger partial charge >= 0.3 is 0 Å². The highest BCUT2D eigenvalue weighted by molar-refractivity contribution is 7.92. The minimum Gasteiger partial charge on any atom is -0.396 e. The van der Waals surface area contributed by atoms with Crippen LogP contribution in [0.25, 0.3) is 0 Å². The normalized spacial score (nSPS) is 19.9. The van der Waals surface area contributed by atoms with Crippen molar-refractivity contribution in [3.05, 3.63) is 24.3 Å². The summed E-state index contributed by atoms with van der Waals surface area (Å²) in [6, 6.07) is 6.55. The predicted octanol–water partition coefficient (Wildman–Crippen LogP) is 1.21. The zero-order valence-corrected chi connectivity index (χ0v) is 12.4. The van der Waals surface area contributed by atoms with Gasteiger partial charge in [0.15, 0.2) is 9.84 Å². The number of para-hydroxylation sites is 1. The van der Waals surface area contributed by atoms with Gasteiger partial charge in [-0.25, -0.2) is 8.42 Å². The molecule has 1 aromatic carbocycles. The smallest absolute Gasteiger partial charge is 0.227 e. The van der Waals surface area contributed by atoms with Crippen LogP contribution >= 0.6 is 0 Å². The van der Waals surface area contributed by atoms with Crippen molar-refractivity contribution in [2.45, 2.75) is 30.4 Å². The lowest BCUT2D eigenvalue weighted by molar-refractivity contribution is -0.117. The van der Waals surface area contributed by atoms with Gasteiger partial charge in [0.05, 0.1) is 15.8 Å². The number of sulfone groups is 1. The third-order valence-electron chi connectivity index (χ3n) is 3.55. The van der Waals surface area contributed by atoms with Crippen molar-refractivity contribution < 1.29 is 18.3 Å². The lowest BCUT2D eigenvalue weighted by atomic mass is 10.1. The Labute approximate surface area is 119 Å². The van der Waals surface area contributed by atoms with Crippen molar-refractivity contribution in [1.29, 1.82) is 0 Å². The van der Waals surface area contributed by atoms with E-state index in [0.29, 0.717) is 12.2 Å². The van der Waals surface area contributed by atoms with E-state index in [0.717, 1.165) is 0 Å². The van der Waals surface area contributed by atoms with E-state index in [2.05, 4.69) is 0 Å². The fourth-order valence-electron chi connectivity index (χ4n) is 2.31. The molecule has 6 heteroatoms. The molecule has 1 aliphatic rings. The minimum absolute atomic E-state index is 0.0681. The average Bonchev–Trinajstić information content (AvgIpc) is 2.79. The Balaban J connectivity index is 2.47. The Bertz CT molecular complexity index is 609. The molecule has 0 aliphatic carbocycles. The van der Waals surface area contributed by atoms with E-state index in [1.807, 2.05) is 0 Å². The molecule has 20 heavy (non-hydrogen) atoms. The van der Waals surface area contributed by atoms with Crippen LogP contribution in [-0.2, 0) is 14.6 Å². The molecule has 0 spiro atoms. The van der Waals surface area contributed by atoms with Gasteiger partial charge in [-0.2, -0.15) is 0 Å². The van der Waals surface area contributed by atoms with Crippen molar-refractivity contribution >= 4 is 21.4 Å². The molecule has 2 rings (SSSR count). The molecule has 5 nitrogen and oxygen atoms in total. The molecule has 1 N–H and O–H groups in total. The highest BCUT2D eigenvalue weighted by atomic mass is 32.2. The topological polar surface area (TPSA) is 74.7 Å². The molecule has 1 atom stereocenters. The molecular weight excluding hydrogens is 278 g/mol. The van der Waals surface area contributed by atoms with Crippen LogP contribution < -0.4 is 4.90 Å². The summed E-state index contributed by atoms with van der Waals surface area (Å²) in [5.41, 5.74) is 0.419. The zero-order chi connectivity index (χ0) is 14.9. The van der Waals surface area contributed by atoms with E-state index < -0.39 is 15.1 Å². The quantitative estimate of drug-likeness (QED) is 0.906. The summed E-state index contributed by atoms with van der Waals surface area (Å²) < 4.78 is 24.8. The molecule has 0 bridgehead atoms. The lowest BCUT2D eigenvalue weighted by Gasteiger charge is -2.21. The number of hydrogen-bond donors (Lipinski definition) is 1. The van der Waals surface area contributed by atoms with Gasteiger partial charge in [0.2, 0.25) is 5.91 Å². The number of benzene rings is 1. The average molecular weight is 297 g/mol. The van der Waals surface area contributed by atoms with Gasteiger partial charge in [-0.3, -0.25) is 4.79 Å². The number of carbonyl (C=O) groups is 1. The first-order valence-electron chi connectivity index (χ1n) is 6.62.